The van der Waals surface area contributed by atoms with Crippen molar-refractivity contribution in [1.82, 2.24) is 10.2 Å². The molecule has 1 N–H and O–H groups in total. The van der Waals surface area contributed by atoms with Crippen LogP contribution in [0.15, 0.2) is 71.4 Å². The molecule has 5 rings (SSSR count). The molecule has 0 unspecified atom stereocenters. The molecule has 1 fully saturated rings. The van der Waals surface area contributed by atoms with Crippen LogP contribution in [0.3, 0.4) is 0 Å². The molecule has 0 bridgehead atoms. The minimum atomic E-state index is -0.158. The van der Waals surface area contributed by atoms with E-state index in [0.717, 1.165) is 52.6 Å². The van der Waals surface area contributed by atoms with E-state index in [1.807, 2.05) is 43.0 Å². The van der Waals surface area contributed by atoms with Crippen molar-refractivity contribution in [3.8, 4) is 16.9 Å². The van der Waals surface area contributed by atoms with Gasteiger partial charge in [-0.15, -0.1) is 0 Å². The van der Waals surface area contributed by atoms with E-state index >= 15 is 0 Å². The van der Waals surface area contributed by atoms with Crippen molar-refractivity contribution < 1.29 is 18.7 Å². The van der Waals surface area contributed by atoms with Crippen molar-refractivity contribution in [2.45, 2.75) is 33.1 Å². The molecule has 37 heavy (non-hydrogen) atoms. The maximum atomic E-state index is 12.7. The number of likely N-dealkylation sites (tertiary alicyclic amines) is 1. The van der Waals surface area contributed by atoms with Crippen LogP contribution in [-0.4, -0.2) is 43.0 Å². The lowest BCUT2D eigenvalue weighted by Crippen LogP contribution is -2.30. The zero-order chi connectivity index (χ0) is 25.8. The van der Waals surface area contributed by atoms with E-state index in [1.54, 1.807) is 12.3 Å². The van der Waals surface area contributed by atoms with E-state index in [2.05, 4.69) is 35.6 Å². The zero-order valence-corrected chi connectivity index (χ0v) is 21.4. The first-order valence-corrected chi connectivity index (χ1v) is 12.9. The molecule has 0 radical (unpaired) electrons. The molecule has 0 aliphatic carbocycles. The molecule has 1 aromatic heterocycles. The van der Waals surface area contributed by atoms with Crippen molar-refractivity contribution in [1.29, 1.82) is 0 Å². The third-order valence-corrected chi connectivity index (χ3v) is 6.88. The second-order valence-corrected chi connectivity index (χ2v) is 9.45. The van der Waals surface area contributed by atoms with Crippen LogP contribution in [-0.2, 0) is 9.59 Å². The molecule has 2 amide bonds. The van der Waals surface area contributed by atoms with Gasteiger partial charge in [0.15, 0.2) is 0 Å². The number of nitrogens with one attached hydrogen (secondary N) is 1. The molecule has 6 heteroatoms. The Balaban J connectivity index is 1.38. The quantitative estimate of drug-likeness (QED) is 0.222. The molecule has 2 heterocycles. The van der Waals surface area contributed by atoms with E-state index in [0.29, 0.717) is 31.9 Å². The number of amides is 2. The SMILES string of the molecule is CCOc1cc2occ(-c3ccc4ccccc4c3)c2cc1/C(C)=C/C(=O)NCCCN1CCCC1=O. The molecule has 3 aromatic carbocycles. The molecular weight excluding hydrogens is 464 g/mol. The molecule has 4 aromatic rings. The van der Waals surface area contributed by atoms with Crippen LogP contribution in [0.4, 0.5) is 0 Å². The van der Waals surface area contributed by atoms with Gasteiger partial charge in [-0.25, -0.2) is 0 Å². The maximum Gasteiger partial charge on any atom is 0.244 e. The van der Waals surface area contributed by atoms with Gasteiger partial charge in [-0.3, -0.25) is 9.59 Å². The number of hydrogen-bond donors (Lipinski definition) is 1. The summed E-state index contributed by atoms with van der Waals surface area (Å²) in [5.41, 5.74) is 4.48. The molecular formula is C31H32N2O4. The highest BCUT2D eigenvalue weighted by molar-refractivity contribution is 6.01. The van der Waals surface area contributed by atoms with E-state index in [9.17, 15) is 9.59 Å². The molecule has 0 saturated carbocycles. The van der Waals surface area contributed by atoms with Crippen LogP contribution < -0.4 is 10.1 Å². The van der Waals surface area contributed by atoms with Gasteiger partial charge in [0.05, 0.1) is 12.9 Å². The summed E-state index contributed by atoms with van der Waals surface area (Å²) in [7, 11) is 0. The van der Waals surface area contributed by atoms with Gasteiger partial charge in [0, 0.05) is 54.7 Å². The Morgan fingerprint density at radius 3 is 2.76 bits per heavy atom. The van der Waals surface area contributed by atoms with Crippen LogP contribution in [0.5, 0.6) is 5.75 Å². The van der Waals surface area contributed by atoms with Crippen molar-refractivity contribution in [3.63, 3.8) is 0 Å². The molecule has 0 atom stereocenters. The normalized spacial score (nSPS) is 14.1. The Morgan fingerprint density at radius 2 is 1.97 bits per heavy atom. The number of nitrogens with zero attached hydrogens (tertiary/aromatic N) is 1. The topological polar surface area (TPSA) is 71.8 Å². The number of carbonyl (C=O) groups is 2. The van der Waals surface area contributed by atoms with Gasteiger partial charge < -0.3 is 19.4 Å². The summed E-state index contributed by atoms with van der Waals surface area (Å²) in [4.78, 5) is 26.3. The molecule has 0 spiro atoms. The van der Waals surface area contributed by atoms with E-state index in [4.69, 9.17) is 9.15 Å². The summed E-state index contributed by atoms with van der Waals surface area (Å²) in [6.07, 6.45) is 5.70. The lowest BCUT2D eigenvalue weighted by Gasteiger charge is -2.15. The third-order valence-electron chi connectivity index (χ3n) is 6.88. The Hall–Kier alpha value is -4.06. The summed E-state index contributed by atoms with van der Waals surface area (Å²) < 4.78 is 11.8. The minimum Gasteiger partial charge on any atom is -0.493 e. The van der Waals surface area contributed by atoms with Crippen molar-refractivity contribution in [2.75, 3.05) is 26.2 Å². The Kier molecular flexibility index (Phi) is 7.26. The van der Waals surface area contributed by atoms with Crippen LogP contribution in [0.2, 0.25) is 0 Å². The summed E-state index contributed by atoms with van der Waals surface area (Å²) in [6, 6.07) is 18.6. The monoisotopic (exact) mass is 496 g/mol. The third kappa shape index (κ3) is 5.38. The average Bonchev–Trinajstić information content (AvgIpc) is 3.51. The van der Waals surface area contributed by atoms with Gasteiger partial charge in [-0.1, -0.05) is 36.4 Å². The number of carbonyl (C=O) groups excluding carboxylic acids is 2. The van der Waals surface area contributed by atoms with Crippen LogP contribution in [0.25, 0.3) is 38.4 Å². The molecule has 6 nitrogen and oxygen atoms in total. The Labute approximate surface area is 216 Å². The summed E-state index contributed by atoms with van der Waals surface area (Å²) >= 11 is 0. The highest BCUT2D eigenvalue weighted by Gasteiger charge is 2.19. The second kappa shape index (κ2) is 10.9. The van der Waals surface area contributed by atoms with Crippen molar-refractivity contribution in [3.05, 3.63) is 72.5 Å². The Morgan fingerprint density at radius 1 is 1.14 bits per heavy atom. The van der Waals surface area contributed by atoms with Gasteiger partial charge in [-0.05, 0) is 60.7 Å². The lowest BCUT2D eigenvalue weighted by molar-refractivity contribution is -0.127. The highest BCUT2D eigenvalue weighted by atomic mass is 16.5. The summed E-state index contributed by atoms with van der Waals surface area (Å²) in [6.45, 7) is 6.40. The van der Waals surface area contributed by atoms with Gasteiger partial charge in [-0.2, -0.15) is 0 Å². The fourth-order valence-electron chi connectivity index (χ4n) is 4.97. The highest BCUT2D eigenvalue weighted by Crippen LogP contribution is 2.38. The van der Waals surface area contributed by atoms with E-state index < -0.39 is 0 Å². The van der Waals surface area contributed by atoms with Crippen LogP contribution in [0, 0.1) is 0 Å². The van der Waals surface area contributed by atoms with Crippen LogP contribution >= 0.6 is 0 Å². The fourth-order valence-corrected chi connectivity index (χ4v) is 4.97. The van der Waals surface area contributed by atoms with E-state index in [-0.39, 0.29) is 11.8 Å². The van der Waals surface area contributed by atoms with Crippen molar-refractivity contribution in [2.24, 2.45) is 0 Å². The summed E-state index contributed by atoms with van der Waals surface area (Å²) in [5.74, 6) is 0.737. The maximum absolute atomic E-state index is 12.7. The molecule has 1 saturated heterocycles. The number of fused-ring (bicyclic) bond motifs is 2. The fraction of sp³-hybridized carbons (Fsp3) is 0.290. The largest absolute Gasteiger partial charge is 0.493 e. The Bertz CT molecular complexity index is 1480. The first kappa shape index (κ1) is 24.6. The molecule has 1 aliphatic rings. The number of furan rings is 1. The smallest absolute Gasteiger partial charge is 0.244 e. The average molecular weight is 497 g/mol. The number of allylic oxidation sites excluding steroid dienone is 1. The van der Waals surface area contributed by atoms with Gasteiger partial charge >= 0.3 is 0 Å². The summed E-state index contributed by atoms with van der Waals surface area (Å²) in [5, 5.41) is 6.28. The number of rotatable bonds is 9. The predicted octanol–water partition coefficient (Wildman–Crippen LogP) is 6.18. The number of ether oxygens (including phenoxy) is 1. The standard InChI is InChI=1S/C31H32N2O4/c1-3-36-28-19-29-26(27(20-37-29)24-12-11-22-8-4-5-9-23(22)17-24)18-25(28)21(2)16-30(34)32-13-7-15-33-14-6-10-31(33)35/h4-5,8-9,11-12,16-20H,3,6-7,10,13-15H2,1-2H3,(H,32,34)/b21-16+. The zero-order valence-electron chi connectivity index (χ0n) is 21.4. The van der Waals surface area contributed by atoms with E-state index in [1.165, 1.54) is 10.8 Å². The van der Waals surface area contributed by atoms with Gasteiger partial charge in [0.2, 0.25) is 11.8 Å². The first-order valence-electron chi connectivity index (χ1n) is 12.9. The minimum absolute atomic E-state index is 0.158. The lowest BCUT2D eigenvalue weighted by atomic mass is 9.97. The van der Waals surface area contributed by atoms with Gasteiger partial charge in [0.1, 0.15) is 11.3 Å². The van der Waals surface area contributed by atoms with Gasteiger partial charge in [0.25, 0.3) is 0 Å². The first-order chi connectivity index (χ1) is 18.0. The molecule has 1 aliphatic heterocycles. The second-order valence-electron chi connectivity index (χ2n) is 9.45. The number of benzene rings is 3. The predicted molar refractivity (Wildman–Crippen MR) is 147 cm³/mol. The van der Waals surface area contributed by atoms with Crippen molar-refractivity contribution >= 4 is 39.1 Å². The number of hydrogen-bond acceptors (Lipinski definition) is 4. The van der Waals surface area contributed by atoms with Crippen LogP contribution in [0.1, 0.15) is 38.7 Å². The molecule has 190 valence electrons.